The van der Waals surface area contributed by atoms with Gasteiger partial charge < -0.3 is 0 Å². The smallest absolute Gasteiger partial charge is 0.0866 e. The van der Waals surface area contributed by atoms with E-state index in [0.29, 0.717) is 23.7 Å². The number of nitrogens with zero attached hydrogens (tertiary/aromatic N) is 2. The molecule has 0 aromatic heterocycles. The normalized spacial score (nSPS) is 14.3. The molecule has 1 aliphatic heterocycles. The molecular weight excluding hydrogens is 352 g/mol. The van der Waals surface area contributed by atoms with Crippen molar-refractivity contribution in [3.8, 4) is 0 Å². The minimum absolute atomic E-state index is 0.494. The Labute approximate surface area is 177 Å². The molecule has 0 saturated heterocycles. The Morgan fingerprint density at radius 2 is 0.828 bits per heavy atom. The predicted molar refractivity (Wildman–Crippen MR) is 124 cm³/mol. The van der Waals surface area contributed by atoms with Gasteiger partial charge in [-0.1, -0.05) is 101 Å². The van der Waals surface area contributed by atoms with E-state index in [4.69, 9.17) is 0 Å². The van der Waals surface area contributed by atoms with Crippen LogP contribution in [-0.4, -0.2) is 28.2 Å². The summed E-state index contributed by atoms with van der Waals surface area (Å²) in [6.07, 6.45) is 0. The summed E-state index contributed by atoms with van der Waals surface area (Å²) < 4.78 is 4.76. The first-order valence-electron chi connectivity index (χ1n) is 11.3. The fourth-order valence-electron chi connectivity index (χ4n) is 4.42. The van der Waals surface area contributed by atoms with E-state index in [-0.39, 0.29) is 0 Å². The van der Waals surface area contributed by atoms with Crippen LogP contribution in [0, 0.1) is 0 Å². The topological polar surface area (TPSA) is 6.02 Å². The maximum absolute atomic E-state index is 3.77. The van der Waals surface area contributed by atoms with Crippen LogP contribution in [0.25, 0.3) is 0 Å². The number of benzene rings is 2. The molecule has 29 heavy (non-hydrogen) atoms. The van der Waals surface area contributed by atoms with Crippen molar-refractivity contribution in [2.45, 2.75) is 79.1 Å². The number of hydrogen-bond donors (Lipinski definition) is 0. The fourth-order valence-corrected chi connectivity index (χ4v) is 4.42. The third-order valence-electron chi connectivity index (χ3n) is 6.01. The Morgan fingerprint density at radius 1 is 0.552 bits per heavy atom. The lowest BCUT2D eigenvalue weighted by Gasteiger charge is -2.13. The van der Waals surface area contributed by atoms with E-state index < -0.39 is 0 Å². The van der Waals surface area contributed by atoms with Gasteiger partial charge in [-0.25, -0.2) is 0 Å². The van der Waals surface area contributed by atoms with Crippen LogP contribution in [0.3, 0.4) is 0 Å². The molecule has 0 N–H and O–H groups in total. The lowest BCUT2D eigenvalue weighted by Crippen LogP contribution is -2.13. The van der Waals surface area contributed by atoms with Crippen LogP contribution >= 0.6 is 0 Å². The van der Waals surface area contributed by atoms with E-state index >= 15 is 0 Å². The van der Waals surface area contributed by atoms with Gasteiger partial charge in [0.25, 0.3) is 0 Å². The molecule has 0 saturated carbocycles. The van der Waals surface area contributed by atoms with Crippen molar-refractivity contribution in [2.75, 3.05) is 13.1 Å². The van der Waals surface area contributed by atoms with Crippen LogP contribution in [0.5, 0.6) is 0 Å². The number of rotatable bonds is 6. The van der Waals surface area contributed by atoms with Crippen LogP contribution in [-0.2, 0) is 0 Å². The van der Waals surface area contributed by atoms with E-state index in [1.807, 2.05) is 0 Å². The summed E-state index contributed by atoms with van der Waals surface area (Å²) in [5.74, 6) is 1.98. The van der Waals surface area contributed by atoms with Crippen molar-refractivity contribution < 1.29 is 9.15 Å². The summed E-state index contributed by atoms with van der Waals surface area (Å²) in [5, 5.41) is 0. The molecule has 2 heteroatoms. The molecule has 0 aliphatic carbocycles. The first-order chi connectivity index (χ1) is 13.7. The molecule has 2 aromatic carbocycles. The average molecular weight is 391 g/mol. The van der Waals surface area contributed by atoms with Gasteiger partial charge in [-0.05, 0) is 23.7 Å². The molecule has 3 rings (SSSR count). The SMILES string of the molecule is CC(C)c1cccc(C(C)C)c1[N+]1=C=[N+](c2c(C(C)C)cccc2C(C)C)CC1. The lowest BCUT2D eigenvalue weighted by atomic mass is 9.92. The maximum atomic E-state index is 3.77. The molecule has 154 valence electrons. The maximum Gasteiger partial charge on any atom is 0.490 e. The van der Waals surface area contributed by atoms with Crippen molar-refractivity contribution in [3.05, 3.63) is 58.7 Å². The summed E-state index contributed by atoms with van der Waals surface area (Å²) in [5.41, 5.74) is 8.43. The van der Waals surface area contributed by atoms with Gasteiger partial charge in [0.05, 0.1) is 0 Å². The molecular formula is C27H38N2+2. The van der Waals surface area contributed by atoms with Crippen LogP contribution in [0.1, 0.15) is 101 Å². The first-order valence-corrected chi connectivity index (χ1v) is 11.3. The molecule has 2 nitrogen and oxygen atoms in total. The summed E-state index contributed by atoms with van der Waals surface area (Å²) in [6, 6.07) is 17.4. The van der Waals surface area contributed by atoms with Gasteiger partial charge >= 0.3 is 6.01 Å². The standard InChI is InChI=1S/C27H38N2/c1-18(2)22-11-9-12-23(19(3)4)26(22)28-15-16-29(17-28)27-24(20(5)6)13-10-14-25(27)21(7)8/h9-14,18-21H,15-16H2,1-8H3/q+2. The second-order valence-electron chi connectivity index (χ2n) is 9.59. The van der Waals surface area contributed by atoms with Gasteiger partial charge in [0.1, 0.15) is 0 Å². The highest BCUT2D eigenvalue weighted by molar-refractivity contribution is 5.56. The highest BCUT2D eigenvalue weighted by Gasteiger charge is 2.34. The molecule has 0 atom stereocenters. The highest BCUT2D eigenvalue weighted by atomic mass is 15.2. The molecule has 1 heterocycles. The Hall–Kier alpha value is -2.18. The average Bonchev–Trinajstić information content (AvgIpc) is 3.15. The van der Waals surface area contributed by atoms with E-state index in [1.54, 1.807) is 0 Å². The summed E-state index contributed by atoms with van der Waals surface area (Å²) in [4.78, 5) is 0. The van der Waals surface area contributed by atoms with Crippen LogP contribution < -0.4 is 0 Å². The number of para-hydroxylation sites is 2. The molecule has 1 aliphatic rings. The third kappa shape index (κ3) is 4.23. The molecule has 0 fully saturated rings. The van der Waals surface area contributed by atoms with Crippen molar-refractivity contribution >= 4 is 17.4 Å². The van der Waals surface area contributed by atoms with Crippen molar-refractivity contribution in [2.24, 2.45) is 0 Å². The first kappa shape index (κ1) is 21.5. The second-order valence-corrected chi connectivity index (χ2v) is 9.59. The molecule has 0 spiro atoms. The Kier molecular flexibility index (Phi) is 6.44. The quantitative estimate of drug-likeness (QED) is 0.455. The van der Waals surface area contributed by atoms with Gasteiger partial charge in [-0.3, -0.25) is 0 Å². The third-order valence-corrected chi connectivity index (χ3v) is 6.01. The van der Waals surface area contributed by atoms with E-state index in [2.05, 4.69) is 107 Å². The van der Waals surface area contributed by atoms with Gasteiger partial charge in [0.2, 0.25) is 24.5 Å². The Morgan fingerprint density at radius 3 is 1.07 bits per heavy atom. The largest absolute Gasteiger partial charge is 0.490 e. The van der Waals surface area contributed by atoms with Gasteiger partial charge in [-0.15, -0.1) is 0 Å². The lowest BCUT2D eigenvalue weighted by molar-refractivity contribution is -0.439. The number of hydrogen-bond acceptors (Lipinski definition) is 0. The second kappa shape index (κ2) is 8.67. The molecule has 0 unspecified atom stereocenters. The zero-order valence-corrected chi connectivity index (χ0v) is 19.6. The highest BCUT2D eigenvalue weighted by Crippen LogP contribution is 2.37. The van der Waals surface area contributed by atoms with Crippen LogP contribution in [0.2, 0.25) is 0 Å². The fraction of sp³-hybridized carbons (Fsp3) is 0.519. The summed E-state index contributed by atoms with van der Waals surface area (Å²) in [7, 11) is 0. The predicted octanol–water partition coefficient (Wildman–Crippen LogP) is 7.36. The van der Waals surface area contributed by atoms with Crippen molar-refractivity contribution in [1.82, 2.24) is 0 Å². The molecule has 0 amide bonds. The van der Waals surface area contributed by atoms with E-state index in [0.717, 1.165) is 13.1 Å². The summed E-state index contributed by atoms with van der Waals surface area (Å²) >= 11 is 0. The van der Waals surface area contributed by atoms with Gasteiger partial charge in [-0.2, -0.15) is 0 Å². The molecule has 0 bridgehead atoms. The zero-order chi connectivity index (χ0) is 21.3. The van der Waals surface area contributed by atoms with Gasteiger partial charge in [0.15, 0.2) is 0 Å². The Balaban J connectivity index is 2.28. The summed E-state index contributed by atoms with van der Waals surface area (Å²) in [6.45, 7) is 20.3. The monoisotopic (exact) mass is 390 g/mol. The molecule has 2 aromatic rings. The Bertz CT molecular complexity index is 826. The molecule has 0 radical (unpaired) electrons. The van der Waals surface area contributed by atoms with Crippen molar-refractivity contribution in [1.29, 1.82) is 0 Å². The van der Waals surface area contributed by atoms with Crippen LogP contribution in [0.4, 0.5) is 11.4 Å². The minimum atomic E-state index is 0.494. The van der Waals surface area contributed by atoms with E-state index in [9.17, 15) is 0 Å². The van der Waals surface area contributed by atoms with Gasteiger partial charge in [0, 0.05) is 22.3 Å². The van der Waals surface area contributed by atoms with Crippen LogP contribution in [0.15, 0.2) is 36.4 Å². The minimum Gasteiger partial charge on any atom is -0.0866 e. The van der Waals surface area contributed by atoms with E-state index in [1.165, 1.54) is 33.6 Å². The van der Waals surface area contributed by atoms with Crippen molar-refractivity contribution in [3.63, 3.8) is 0 Å². The zero-order valence-electron chi connectivity index (χ0n) is 19.6.